The van der Waals surface area contributed by atoms with E-state index in [0.29, 0.717) is 50.4 Å². The minimum atomic E-state index is -3.83. The van der Waals surface area contributed by atoms with Crippen LogP contribution in [0.15, 0.2) is 4.90 Å². The fourth-order valence-electron chi connectivity index (χ4n) is 5.44. The van der Waals surface area contributed by atoms with Crippen molar-refractivity contribution in [3.63, 3.8) is 0 Å². The number of amides is 2. The number of hydrogen-bond acceptors (Lipinski definition) is 4. The van der Waals surface area contributed by atoms with Crippen LogP contribution in [0.3, 0.4) is 0 Å². The van der Waals surface area contributed by atoms with Crippen LogP contribution in [0.2, 0.25) is 0 Å². The predicted molar refractivity (Wildman–Crippen MR) is 122 cm³/mol. The number of hydrogen-bond donors (Lipinski definition) is 1. The van der Waals surface area contributed by atoms with Gasteiger partial charge in [-0.1, -0.05) is 0 Å². The average molecular weight is 465 g/mol. The Kier molecular flexibility index (Phi) is 6.95. The molecule has 0 unspecified atom stereocenters. The molecule has 3 aliphatic rings. The number of nitrogens with zero attached hydrogens (tertiary/aromatic N) is 3. The van der Waals surface area contributed by atoms with Gasteiger partial charge in [-0.15, -0.1) is 0 Å². The summed E-state index contributed by atoms with van der Waals surface area (Å²) in [6, 6.07) is 0. The van der Waals surface area contributed by atoms with Crippen molar-refractivity contribution in [3.05, 3.63) is 17.0 Å². The molecule has 0 radical (unpaired) electrons. The maximum Gasteiger partial charge on any atom is 0.257 e. The van der Waals surface area contributed by atoms with Crippen molar-refractivity contribution in [3.8, 4) is 0 Å². The number of carbonyl (C=O) groups is 2. The van der Waals surface area contributed by atoms with Crippen molar-refractivity contribution in [2.24, 2.45) is 5.92 Å². The Hall–Kier alpha value is -1.87. The molecule has 0 aliphatic carbocycles. The summed E-state index contributed by atoms with van der Waals surface area (Å²) in [6.07, 6.45) is 7.36. The van der Waals surface area contributed by atoms with E-state index in [4.69, 9.17) is 0 Å². The Labute approximate surface area is 191 Å². The number of rotatable bonds is 4. The van der Waals surface area contributed by atoms with E-state index in [0.717, 1.165) is 45.2 Å². The lowest BCUT2D eigenvalue weighted by molar-refractivity contribution is -0.137. The number of aromatic amines is 1. The Morgan fingerprint density at radius 3 is 1.88 bits per heavy atom. The minimum Gasteiger partial charge on any atom is -0.361 e. The molecule has 0 bridgehead atoms. The van der Waals surface area contributed by atoms with Gasteiger partial charge in [-0.25, -0.2) is 8.42 Å². The van der Waals surface area contributed by atoms with Gasteiger partial charge >= 0.3 is 0 Å². The van der Waals surface area contributed by atoms with Crippen LogP contribution in [-0.4, -0.2) is 78.6 Å². The lowest BCUT2D eigenvalue weighted by atomic mass is 9.95. The van der Waals surface area contributed by atoms with Crippen LogP contribution < -0.4 is 0 Å². The molecule has 178 valence electrons. The molecular weight excluding hydrogens is 428 g/mol. The smallest absolute Gasteiger partial charge is 0.257 e. The molecule has 3 saturated heterocycles. The number of likely N-dealkylation sites (tertiary alicyclic amines) is 2. The van der Waals surface area contributed by atoms with Crippen LogP contribution in [-0.2, 0) is 14.8 Å². The number of aryl methyl sites for hydroxylation is 2. The van der Waals surface area contributed by atoms with Crippen LogP contribution in [0.5, 0.6) is 0 Å². The van der Waals surface area contributed by atoms with Gasteiger partial charge in [-0.05, 0) is 65.2 Å². The first-order chi connectivity index (χ1) is 15.3. The van der Waals surface area contributed by atoms with Gasteiger partial charge in [-0.2, -0.15) is 4.31 Å². The maximum absolute atomic E-state index is 13.6. The zero-order valence-electron chi connectivity index (χ0n) is 19.4. The Morgan fingerprint density at radius 2 is 1.31 bits per heavy atom. The van der Waals surface area contributed by atoms with E-state index < -0.39 is 10.0 Å². The molecule has 0 spiro atoms. The van der Waals surface area contributed by atoms with E-state index in [1.54, 1.807) is 18.7 Å². The van der Waals surface area contributed by atoms with Crippen molar-refractivity contribution in [1.82, 2.24) is 19.1 Å². The second-order valence-corrected chi connectivity index (χ2v) is 11.4. The first-order valence-electron chi connectivity index (χ1n) is 12.1. The summed E-state index contributed by atoms with van der Waals surface area (Å²) in [5.74, 6) is -0.125. The van der Waals surface area contributed by atoms with Gasteiger partial charge in [0.15, 0.2) is 0 Å². The van der Waals surface area contributed by atoms with E-state index in [-0.39, 0.29) is 28.2 Å². The molecule has 1 N–H and O–H groups in total. The van der Waals surface area contributed by atoms with Crippen LogP contribution in [0.25, 0.3) is 0 Å². The second kappa shape index (κ2) is 9.55. The van der Waals surface area contributed by atoms with Crippen molar-refractivity contribution in [1.29, 1.82) is 0 Å². The van der Waals surface area contributed by atoms with Gasteiger partial charge in [0.1, 0.15) is 4.90 Å². The number of aromatic nitrogens is 1. The molecule has 3 aliphatic heterocycles. The summed E-state index contributed by atoms with van der Waals surface area (Å²) in [5.41, 5.74) is 1.40. The first-order valence-corrected chi connectivity index (χ1v) is 13.5. The quantitative estimate of drug-likeness (QED) is 0.741. The number of piperidine rings is 3. The summed E-state index contributed by atoms with van der Waals surface area (Å²) < 4.78 is 28.8. The van der Waals surface area contributed by atoms with Crippen LogP contribution in [0.1, 0.15) is 73.1 Å². The molecule has 4 rings (SSSR count). The SMILES string of the molecule is Cc1[nH]c(C)c(S(=O)(=O)N2CCC(C(=O)N3CCCCC3)CC2)c1C(=O)N1CCCCC1. The van der Waals surface area contributed by atoms with E-state index in [9.17, 15) is 18.0 Å². The Bertz CT molecular complexity index is 951. The van der Waals surface area contributed by atoms with Crippen LogP contribution in [0.4, 0.5) is 0 Å². The fraction of sp³-hybridized carbons (Fsp3) is 0.739. The highest BCUT2D eigenvalue weighted by Gasteiger charge is 2.38. The third-order valence-electron chi connectivity index (χ3n) is 7.24. The van der Waals surface area contributed by atoms with Gasteiger partial charge in [-0.3, -0.25) is 9.59 Å². The highest BCUT2D eigenvalue weighted by molar-refractivity contribution is 7.89. The first kappa shape index (κ1) is 23.3. The molecule has 32 heavy (non-hydrogen) atoms. The zero-order chi connectivity index (χ0) is 22.9. The Morgan fingerprint density at radius 1 is 0.781 bits per heavy atom. The van der Waals surface area contributed by atoms with Gasteiger partial charge < -0.3 is 14.8 Å². The molecule has 3 fully saturated rings. The third-order valence-corrected chi connectivity index (χ3v) is 9.31. The monoisotopic (exact) mass is 464 g/mol. The van der Waals surface area contributed by atoms with Gasteiger partial charge in [0.05, 0.1) is 5.56 Å². The topological polar surface area (TPSA) is 93.8 Å². The Balaban J connectivity index is 1.50. The lowest BCUT2D eigenvalue weighted by Crippen LogP contribution is -2.46. The summed E-state index contributed by atoms with van der Waals surface area (Å²) in [6.45, 7) is 7.10. The molecule has 0 aromatic carbocycles. The molecule has 0 atom stereocenters. The maximum atomic E-state index is 13.6. The summed E-state index contributed by atoms with van der Waals surface area (Å²) in [7, 11) is -3.83. The number of carbonyl (C=O) groups excluding carboxylic acids is 2. The van der Waals surface area contributed by atoms with E-state index in [1.165, 1.54) is 10.7 Å². The zero-order valence-corrected chi connectivity index (χ0v) is 20.2. The van der Waals surface area contributed by atoms with Crippen molar-refractivity contribution < 1.29 is 18.0 Å². The highest BCUT2D eigenvalue weighted by atomic mass is 32.2. The second-order valence-electron chi connectivity index (χ2n) is 9.50. The van der Waals surface area contributed by atoms with Crippen molar-refractivity contribution >= 4 is 21.8 Å². The average Bonchev–Trinajstić information content (AvgIpc) is 3.13. The molecule has 2 amide bonds. The van der Waals surface area contributed by atoms with Gasteiger partial charge in [0.2, 0.25) is 15.9 Å². The van der Waals surface area contributed by atoms with E-state index >= 15 is 0 Å². The van der Waals surface area contributed by atoms with Crippen molar-refractivity contribution in [2.45, 2.75) is 70.1 Å². The minimum absolute atomic E-state index is 0.108. The van der Waals surface area contributed by atoms with E-state index in [2.05, 4.69) is 4.98 Å². The number of H-pyrrole nitrogens is 1. The van der Waals surface area contributed by atoms with Crippen molar-refractivity contribution in [2.75, 3.05) is 39.3 Å². The largest absolute Gasteiger partial charge is 0.361 e. The predicted octanol–water partition coefficient (Wildman–Crippen LogP) is 2.67. The molecule has 9 heteroatoms. The molecule has 0 saturated carbocycles. The normalized spacial score (nSPS) is 21.7. The molecule has 1 aromatic rings. The fourth-order valence-corrected chi connectivity index (χ4v) is 7.32. The van der Waals surface area contributed by atoms with Gasteiger partial charge in [0.25, 0.3) is 5.91 Å². The molecular formula is C23H36N4O4S. The standard InChI is InChI=1S/C23H36N4O4S/c1-17-20(23(29)26-13-7-4-8-14-26)21(18(2)24-17)32(30,31)27-15-9-19(10-16-27)22(28)25-11-5-3-6-12-25/h19,24H,3-16H2,1-2H3. The van der Waals surface area contributed by atoms with E-state index in [1.807, 2.05) is 4.90 Å². The lowest BCUT2D eigenvalue weighted by Gasteiger charge is -2.35. The number of nitrogens with one attached hydrogen (secondary N) is 1. The summed E-state index contributed by atoms with van der Waals surface area (Å²) in [5, 5.41) is 0. The number of sulfonamides is 1. The molecule has 4 heterocycles. The molecule has 8 nitrogen and oxygen atoms in total. The molecule has 1 aromatic heterocycles. The third kappa shape index (κ3) is 4.46. The highest BCUT2D eigenvalue weighted by Crippen LogP contribution is 2.32. The van der Waals surface area contributed by atoms with Gasteiger partial charge in [0, 0.05) is 56.6 Å². The summed E-state index contributed by atoms with van der Waals surface area (Å²) >= 11 is 0. The van der Waals surface area contributed by atoms with Crippen LogP contribution >= 0.6 is 0 Å². The van der Waals surface area contributed by atoms with Crippen LogP contribution in [0, 0.1) is 19.8 Å². The summed E-state index contributed by atoms with van der Waals surface area (Å²) in [4.78, 5) is 33.1.